The Morgan fingerprint density at radius 3 is 2.35 bits per heavy atom. The number of likely N-dealkylation sites (tertiary alicyclic amines) is 2. The molecule has 0 unspecified atom stereocenters. The number of aromatic amines is 2. The maximum Gasteiger partial charge on any atom is 0.407 e. The van der Waals surface area contributed by atoms with Crippen molar-refractivity contribution in [2.75, 3.05) is 20.2 Å². The summed E-state index contributed by atoms with van der Waals surface area (Å²) in [5, 5.41) is 2.72. The molecule has 11 nitrogen and oxygen atoms in total. The Bertz CT molecular complexity index is 1820. The number of methoxy groups -OCH3 is 1. The van der Waals surface area contributed by atoms with Crippen molar-refractivity contribution >= 4 is 28.9 Å². The molecule has 3 amide bonds. The number of fused-ring (bicyclic) bond motifs is 4. The number of aryl methyl sites for hydroxylation is 2. The summed E-state index contributed by atoms with van der Waals surface area (Å²) in [4.78, 5) is 58.5. The van der Waals surface area contributed by atoms with Crippen molar-refractivity contribution < 1.29 is 19.1 Å². The standard InChI is InChI=1S/C35H41N7O4/c1-19(2)30(40-35(45)46-4)34(44)42-16-6-8-29(42)33-37-26-14-11-23-17-21(9-12-24(23)31(26)39-33)22-10-13-25-27(18-22)38-32(36-25)28-7-5-15-41(28)20(3)43/h9-10,12-13,17-19,28-30H,5-8,11,14-16H2,1-4H3,(H,36,38)(H,37,39)(H,40,45)/t28-,29-,30-/m0/s1. The quantitative estimate of drug-likeness (QED) is 0.262. The van der Waals surface area contributed by atoms with Crippen LogP contribution in [0.1, 0.15) is 81.4 Å². The topological polar surface area (TPSA) is 136 Å². The number of hydrogen-bond donors (Lipinski definition) is 3. The molecule has 11 heteroatoms. The lowest BCUT2D eigenvalue weighted by Crippen LogP contribution is -2.51. The fourth-order valence-electron chi connectivity index (χ4n) is 7.45. The molecule has 4 aromatic rings. The van der Waals surface area contributed by atoms with E-state index in [1.807, 2.05) is 23.6 Å². The Morgan fingerprint density at radius 2 is 1.61 bits per heavy atom. The number of amides is 3. The summed E-state index contributed by atoms with van der Waals surface area (Å²) in [5.74, 6) is 1.56. The number of nitrogens with zero attached hydrogens (tertiary/aromatic N) is 4. The maximum absolute atomic E-state index is 13.6. The van der Waals surface area contributed by atoms with E-state index in [4.69, 9.17) is 14.7 Å². The Labute approximate surface area is 268 Å². The van der Waals surface area contributed by atoms with Gasteiger partial charge in [-0.05, 0) is 73.3 Å². The zero-order chi connectivity index (χ0) is 32.1. The van der Waals surface area contributed by atoms with Crippen LogP contribution < -0.4 is 5.32 Å². The third kappa shape index (κ3) is 5.31. The number of alkyl carbamates (subject to hydrolysis) is 1. The van der Waals surface area contributed by atoms with Gasteiger partial charge in [0.2, 0.25) is 11.8 Å². The van der Waals surface area contributed by atoms with Gasteiger partial charge in [-0.25, -0.2) is 14.8 Å². The summed E-state index contributed by atoms with van der Waals surface area (Å²) in [6, 6.07) is 12.0. The van der Waals surface area contributed by atoms with Crippen LogP contribution in [0.4, 0.5) is 4.79 Å². The number of imidazole rings is 2. The first-order chi connectivity index (χ1) is 22.2. The number of carbonyl (C=O) groups is 3. The van der Waals surface area contributed by atoms with Crippen LogP contribution in [0.15, 0.2) is 36.4 Å². The first kappa shape index (κ1) is 30.0. The highest BCUT2D eigenvalue weighted by Gasteiger charge is 2.38. The van der Waals surface area contributed by atoms with Crippen LogP contribution in [0.5, 0.6) is 0 Å². The molecule has 0 spiro atoms. The van der Waals surface area contributed by atoms with Gasteiger partial charge in [-0.1, -0.05) is 38.1 Å². The van der Waals surface area contributed by atoms with Gasteiger partial charge in [0.05, 0.1) is 35.9 Å². The molecule has 2 aliphatic heterocycles. The molecule has 7 rings (SSSR count). The molecule has 2 fully saturated rings. The molecule has 240 valence electrons. The van der Waals surface area contributed by atoms with Crippen molar-refractivity contribution in [2.24, 2.45) is 5.92 Å². The molecule has 0 bridgehead atoms. The second kappa shape index (κ2) is 11.9. The molecule has 2 saturated heterocycles. The lowest BCUT2D eigenvalue weighted by molar-refractivity contribution is -0.135. The summed E-state index contributed by atoms with van der Waals surface area (Å²) >= 11 is 0. The van der Waals surface area contributed by atoms with Crippen LogP contribution in [0.3, 0.4) is 0 Å². The first-order valence-electron chi connectivity index (χ1n) is 16.4. The van der Waals surface area contributed by atoms with Gasteiger partial charge in [0.1, 0.15) is 17.7 Å². The Hall–Kier alpha value is -4.67. The van der Waals surface area contributed by atoms with Crippen LogP contribution in [-0.2, 0) is 27.2 Å². The van der Waals surface area contributed by atoms with E-state index in [1.54, 1.807) is 6.92 Å². The molecule has 0 saturated carbocycles. The van der Waals surface area contributed by atoms with E-state index >= 15 is 0 Å². The van der Waals surface area contributed by atoms with E-state index in [9.17, 15) is 14.4 Å². The average Bonchev–Trinajstić information content (AvgIpc) is 3.86. The molecular formula is C35H41N7O4. The third-order valence-corrected chi connectivity index (χ3v) is 9.85. The number of benzene rings is 2. The van der Waals surface area contributed by atoms with Gasteiger partial charge in [0.25, 0.3) is 0 Å². The van der Waals surface area contributed by atoms with Crippen LogP contribution in [0.2, 0.25) is 0 Å². The Kier molecular flexibility index (Phi) is 7.78. The lowest BCUT2D eigenvalue weighted by atomic mass is 9.89. The predicted octanol–water partition coefficient (Wildman–Crippen LogP) is 5.45. The molecule has 2 aromatic carbocycles. The summed E-state index contributed by atoms with van der Waals surface area (Å²) in [5.41, 5.74) is 8.53. The normalized spacial score (nSPS) is 19.8. The molecule has 46 heavy (non-hydrogen) atoms. The Balaban J connectivity index is 1.13. The van der Waals surface area contributed by atoms with Gasteiger partial charge < -0.3 is 29.8 Å². The van der Waals surface area contributed by atoms with Gasteiger partial charge in [0, 0.05) is 31.3 Å². The molecule has 1 aliphatic carbocycles. The minimum Gasteiger partial charge on any atom is -0.453 e. The zero-order valence-corrected chi connectivity index (χ0v) is 26.9. The van der Waals surface area contributed by atoms with Crippen molar-refractivity contribution in [1.82, 2.24) is 35.1 Å². The van der Waals surface area contributed by atoms with Crippen LogP contribution in [0.25, 0.3) is 33.4 Å². The van der Waals surface area contributed by atoms with Gasteiger partial charge in [0.15, 0.2) is 0 Å². The fraction of sp³-hybridized carbons (Fsp3) is 0.457. The second-order valence-corrected chi connectivity index (χ2v) is 13.1. The number of rotatable bonds is 6. The molecule has 3 N–H and O–H groups in total. The number of hydrogen-bond acceptors (Lipinski definition) is 6. The molecule has 3 aliphatic rings. The minimum atomic E-state index is -0.665. The van der Waals surface area contributed by atoms with E-state index in [2.05, 4.69) is 51.7 Å². The summed E-state index contributed by atoms with van der Waals surface area (Å²) in [7, 11) is 1.30. The van der Waals surface area contributed by atoms with Crippen LogP contribution in [-0.4, -0.2) is 73.9 Å². The smallest absolute Gasteiger partial charge is 0.407 e. The SMILES string of the molecule is COC(=O)N[C@H](C(=O)N1CCC[C@H]1c1nc2c([nH]1)CCc1cc(-c3ccc4nc([C@@H]5CCCN5C(C)=O)[nH]c4c3)ccc1-2)C(C)C. The van der Waals surface area contributed by atoms with Crippen molar-refractivity contribution in [2.45, 2.75) is 77.4 Å². The van der Waals surface area contributed by atoms with Crippen molar-refractivity contribution in [3.05, 3.63) is 59.3 Å². The van der Waals surface area contributed by atoms with Gasteiger partial charge in [-0.2, -0.15) is 0 Å². The number of aromatic nitrogens is 4. The first-order valence-corrected chi connectivity index (χ1v) is 16.4. The fourth-order valence-corrected chi connectivity index (χ4v) is 7.45. The number of H-pyrrole nitrogens is 2. The van der Waals surface area contributed by atoms with E-state index in [1.165, 1.54) is 12.7 Å². The number of carbonyl (C=O) groups excluding carboxylic acids is 3. The van der Waals surface area contributed by atoms with Gasteiger partial charge >= 0.3 is 6.09 Å². The van der Waals surface area contributed by atoms with Crippen molar-refractivity contribution in [1.29, 1.82) is 0 Å². The Morgan fingerprint density at radius 1 is 0.913 bits per heavy atom. The molecule has 0 radical (unpaired) electrons. The number of ether oxygens (including phenoxy) is 1. The third-order valence-electron chi connectivity index (χ3n) is 9.85. The highest BCUT2D eigenvalue weighted by molar-refractivity contribution is 5.87. The molecular weight excluding hydrogens is 582 g/mol. The summed E-state index contributed by atoms with van der Waals surface area (Å²) < 4.78 is 4.77. The molecule has 4 heterocycles. The van der Waals surface area contributed by atoms with Crippen molar-refractivity contribution in [3.8, 4) is 22.4 Å². The second-order valence-electron chi connectivity index (χ2n) is 13.1. The lowest BCUT2D eigenvalue weighted by Gasteiger charge is -2.30. The average molecular weight is 624 g/mol. The van der Waals surface area contributed by atoms with Crippen molar-refractivity contribution in [3.63, 3.8) is 0 Å². The van der Waals surface area contributed by atoms with E-state index < -0.39 is 12.1 Å². The largest absolute Gasteiger partial charge is 0.453 e. The maximum atomic E-state index is 13.6. The van der Waals surface area contributed by atoms with E-state index in [0.717, 1.165) is 95.8 Å². The summed E-state index contributed by atoms with van der Waals surface area (Å²) in [6.07, 6.45) is 4.74. The zero-order valence-electron chi connectivity index (χ0n) is 26.9. The minimum absolute atomic E-state index is 0.00706. The molecule has 2 aromatic heterocycles. The number of nitrogens with one attached hydrogen (secondary N) is 3. The van der Waals surface area contributed by atoms with Gasteiger partial charge in [-0.15, -0.1) is 0 Å². The summed E-state index contributed by atoms with van der Waals surface area (Å²) in [6.45, 7) is 6.87. The highest BCUT2D eigenvalue weighted by Crippen LogP contribution is 2.39. The van der Waals surface area contributed by atoms with Gasteiger partial charge in [-0.3, -0.25) is 9.59 Å². The molecule has 3 atom stereocenters. The van der Waals surface area contributed by atoms with E-state index in [-0.39, 0.29) is 29.8 Å². The van der Waals surface area contributed by atoms with Crippen LogP contribution in [0, 0.1) is 5.92 Å². The van der Waals surface area contributed by atoms with E-state index in [0.29, 0.717) is 6.54 Å². The highest BCUT2D eigenvalue weighted by atomic mass is 16.5. The van der Waals surface area contributed by atoms with Crippen LogP contribution >= 0.6 is 0 Å². The monoisotopic (exact) mass is 623 g/mol. The predicted molar refractivity (Wildman–Crippen MR) is 174 cm³/mol.